The Balaban J connectivity index is 0.000000963. The summed E-state index contributed by atoms with van der Waals surface area (Å²) in [7, 11) is 0. The van der Waals surface area contributed by atoms with Gasteiger partial charge >= 0.3 is 29.6 Å². The number of hydrogen-bond donors (Lipinski definition) is 0. The molecule has 3 rings (SSSR count). The second-order valence-corrected chi connectivity index (χ2v) is 3.62. The number of fused-ring (bicyclic) bond motifs is 1. The number of benzene rings is 1. The summed E-state index contributed by atoms with van der Waals surface area (Å²) in [5.74, 6) is 0.267. The van der Waals surface area contributed by atoms with Gasteiger partial charge in [-0.25, -0.2) is 12.2 Å². The zero-order chi connectivity index (χ0) is 10.1. The first kappa shape index (κ1) is 11.6. The van der Waals surface area contributed by atoms with Crippen molar-refractivity contribution in [2.75, 3.05) is 0 Å². The molecule has 1 nitrogen and oxygen atoms in total. The van der Waals surface area contributed by atoms with Crippen molar-refractivity contribution in [1.82, 2.24) is 4.98 Å². The van der Waals surface area contributed by atoms with Crippen molar-refractivity contribution in [1.29, 1.82) is 0 Å². The van der Waals surface area contributed by atoms with Gasteiger partial charge in [0.1, 0.15) is 0 Å². The van der Waals surface area contributed by atoms with Crippen LogP contribution < -0.4 is 29.6 Å². The van der Waals surface area contributed by atoms with E-state index in [1.807, 2.05) is 24.4 Å². The number of hydrogen-bond acceptors (Lipinski definition) is 1. The summed E-state index contributed by atoms with van der Waals surface area (Å²) in [6, 6.07) is 10.3. The molecule has 2 aromatic rings. The van der Waals surface area contributed by atoms with Crippen LogP contribution in [0.1, 0.15) is 11.5 Å². The average molecular weight is 215 g/mol. The van der Waals surface area contributed by atoms with Gasteiger partial charge in [-0.3, -0.25) is 11.1 Å². The third kappa shape index (κ3) is 1.99. The molecule has 0 aliphatic heterocycles. The van der Waals surface area contributed by atoms with E-state index in [1.54, 1.807) is 0 Å². The van der Waals surface area contributed by atoms with Crippen LogP contribution in [0.3, 0.4) is 0 Å². The smallest absolute Gasteiger partial charge is 0.265 e. The third-order valence-electron chi connectivity index (χ3n) is 2.67. The van der Waals surface area contributed by atoms with E-state index in [9.17, 15) is 0 Å². The van der Waals surface area contributed by atoms with Crippen LogP contribution in [0, 0.1) is 6.08 Å². The maximum absolute atomic E-state index is 4.44. The second kappa shape index (κ2) is 4.96. The van der Waals surface area contributed by atoms with Crippen molar-refractivity contribution in [3.63, 3.8) is 0 Å². The Kier molecular flexibility index (Phi) is 3.59. The van der Waals surface area contributed by atoms with Gasteiger partial charge in [0.2, 0.25) is 0 Å². The zero-order valence-electron chi connectivity index (χ0n) is 9.22. The predicted octanol–water partition coefficient (Wildman–Crippen LogP) is 0.252. The SMILES string of the molecule is [C-]1=CC=CC1c1cccc2cccnc12.[Na+]. The second-order valence-electron chi connectivity index (χ2n) is 3.62. The molecule has 1 unspecified atom stereocenters. The minimum atomic E-state index is 0. The zero-order valence-corrected chi connectivity index (χ0v) is 11.2. The van der Waals surface area contributed by atoms with E-state index in [2.05, 4.69) is 41.4 Å². The Labute approximate surface area is 117 Å². The van der Waals surface area contributed by atoms with E-state index in [0.717, 1.165) is 5.52 Å². The molecular formula is C14H10NNa. The summed E-state index contributed by atoms with van der Waals surface area (Å²) in [6.45, 7) is 0. The summed E-state index contributed by atoms with van der Waals surface area (Å²) < 4.78 is 0. The normalized spacial score (nSPS) is 17.6. The van der Waals surface area contributed by atoms with E-state index in [1.165, 1.54) is 10.9 Å². The van der Waals surface area contributed by atoms with Crippen LogP contribution in [0.15, 0.2) is 54.8 Å². The fraction of sp³-hybridized carbons (Fsp3) is 0.0714. The van der Waals surface area contributed by atoms with Crippen LogP contribution >= 0.6 is 0 Å². The van der Waals surface area contributed by atoms with Crippen LogP contribution in [0.25, 0.3) is 10.9 Å². The van der Waals surface area contributed by atoms with Crippen molar-refractivity contribution in [3.05, 3.63) is 66.4 Å². The van der Waals surface area contributed by atoms with E-state index >= 15 is 0 Å². The van der Waals surface area contributed by atoms with Gasteiger partial charge in [0.25, 0.3) is 0 Å². The first-order valence-corrected chi connectivity index (χ1v) is 5.05. The monoisotopic (exact) mass is 215 g/mol. The fourth-order valence-electron chi connectivity index (χ4n) is 1.95. The molecule has 0 saturated heterocycles. The molecule has 0 fully saturated rings. The molecule has 1 aliphatic rings. The van der Waals surface area contributed by atoms with Crippen molar-refractivity contribution in [2.24, 2.45) is 0 Å². The molecule has 1 heterocycles. The molecule has 0 spiro atoms. The number of para-hydroxylation sites is 1. The van der Waals surface area contributed by atoms with E-state index in [-0.39, 0.29) is 35.5 Å². The number of nitrogens with zero attached hydrogens (tertiary/aromatic N) is 1. The van der Waals surface area contributed by atoms with Gasteiger partial charge in [0.05, 0.1) is 5.52 Å². The quantitative estimate of drug-likeness (QED) is 0.491. The molecule has 0 radical (unpaired) electrons. The van der Waals surface area contributed by atoms with Gasteiger partial charge in [-0.15, -0.1) is 0 Å². The molecule has 0 N–H and O–H groups in total. The standard InChI is InChI=1S/C14H10N.Na/c1-2-6-11(5-1)13-9-3-7-12-8-4-10-15-14(12)13;/h1-5,7-11H;/q-1;+1. The Hall–Kier alpha value is -0.890. The summed E-state index contributed by atoms with van der Waals surface area (Å²) in [4.78, 5) is 4.44. The van der Waals surface area contributed by atoms with Gasteiger partial charge < -0.3 is 0 Å². The fourth-order valence-corrected chi connectivity index (χ4v) is 1.95. The van der Waals surface area contributed by atoms with Gasteiger partial charge in [-0.2, -0.15) is 6.08 Å². The maximum atomic E-state index is 4.44. The van der Waals surface area contributed by atoms with Crippen LogP contribution in [-0.2, 0) is 0 Å². The van der Waals surface area contributed by atoms with Gasteiger partial charge in [-0.1, -0.05) is 30.2 Å². The molecule has 1 atom stereocenters. The largest absolute Gasteiger partial charge is 1.00 e. The summed E-state index contributed by atoms with van der Waals surface area (Å²) >= 11 is 0. The molecule has 0 saturated carbocycles. The predicted molar refractivity (Wildman–Crippen MR) is 61.4 cm³/mol. The molecule has 72 valence electrons. The first-order chi connectivity index (χ1) is 7.45. The Morgan fingerprint density at radius 1 is 1.12 bits per heavy atom. The Bertz CT molecular complexity index is 540. The van der Waals surface area contributed by atoms with Crippen molar-refractivity contribution in [3.8, 4) is 0 Å². The minimum absolute atomic E-state index is 0. The van der Waals surface area contributed by atoms with Crippen molar-refractivity contribution in [2.45, 2.75) is 5.92 Å². The number of pyridine rings is 1. The molecule has 1 aliphatic carbocycles. The third-order valence-corrected chi connectivity index (χ3v) is 2.67. The maximum Gasteiger partial charge on any atom is 1.00 e. The molecule has 2 heteroatoms. The number of rotatable bonds is 1. The van der Waals surface area contributed by atoms with E-state index in [4.69, 9.17) is 0 Å². The molecule has 1 aromatic heterocycles. The van der Waals surface area contributed by atoms with E-state index in [0.29, 0.717) is 0 Å². The average Bonchev–Trinajstić information content (AvgIpc) is 2.82. The van der Waals surface area contributed by atoms with Crippen LogP contribution in [-0.4, -0.2) is 4.98 Å². The summed E-state index contributed by atoms with van der Waals surface area (Å²) in [6.07, 6.45) is 11.3. The Morgan fingerprint density at radius 3 is 2.81 bits per heavy atom. The van der Waals surface area contributed by atoms with Gasteiger partial charge in [0.15, 0.2) is 0 Å². The van der Waals surface area contributed by atoms with Gasteiger partial charge in [0, 0.05) is 11.6 Å². The number of allylic oxidation sites excluding steroid dienone is 4. The van der Waals surface area contributed by atoms with Gasteiger partial charge in [-0.05, 0) is 11.6 Å². The molecule has 0 amide bonds. The first-order valence-electron chi connectivity index (χ1n) is 5.05. The Morgan fingerprint density at radius 2 is 2.00 bits per heavy atom. The van der Waals surface area contributed by atoms with Crippen LogP contribution in [0.5, 0.6) is 0 Å². The van der Waals surface area contributed by atoms with Crippen molar-refractivity contribution < 1.29 is 29.6 Å². The van der Waals surface area contributed by atoms with Crippen molar-refractivity contribution >= 4 is 10.9 Å². The summed E-state index contributed by atoms with van der Waals surface area (Å²) in [5.41, 5.74) is 2.32. The molecule has 1 aromatic carbocycles. The van der Waals surface area contributed by atoms with Crippen LogP contribution in [0.2, 0.25) is 0 Å². The van der Waals surface area contributed by atoms with Crippen LogP contribution in [0.4, 0.5) is 0 Å². The molecule has 0 bridgehead atoms. The summed E-state index contributed by atoms with van der Waals surface area (Å²) in [5, 5.41) is 1.19. The molecule has 16 heavy (non-hydrogen) atoms. The topological polar surface area (TPSA) is 12.9 Å². The molecular weight excluding hydrogens is 205 g/mol. The minimum Gasteiger partial charge on any atom is -0.265 e. The number of aromatic nitrogens is 1. The van der Waals surface area contributed by atoms with E-state index < -0.39 is 0 Å².